The van der Waals surface area contributed by atoms with Crippen LogP contribution in [0.15, 0.2) is 35.8 Å². The minimum Gasteiger partial charge on any atom is -0.364 e. The number of hydrogen-bond acceptors (Lipinski definition) is 6. The topological polar surface area (TPSA) is 68.5 Å². The zero-order valence-electron chi connectivity index (χ0n) is 14.3. The molecule has 4 aromatic rings. The summed E-state index contributed by atoms with van der Waals surface area (Å²) in [5.41, 5.74) is -0.305. The molecule has 0 unspecified atom stereocenters. The molecule has 0 radical (unpaired) electrons. The third kappa shape index (κ3) is 3.40. The van der Waals surface area contributed by atoms with E-state index in [9.17, 15) is 13.2 Å². The van der Waals surface area contributed by atoms with E-state index >= 15 is 0 Å². The quantitative estimate of drug-likeness (QED) is 0.511. The molecule has 1 N–H and O–H groups in total. The van der Waals surface area contributed by atoms with Crippen LogP contribution in [0.5, 0.6) is 0 Å². The molecular formula is C17H12ClF3N6S. The highest BCUT2D eigenvalue weighted by molar-refractivity contribution is 7.16. The predicted molar refractivity (Wildman–Crippen MR) is 101 cm³/mol. The van der Waals surface area contributed by atoms with Gasteiger partial charge in [0, 0.05) is 13.2 Å². The van der Waals surface area contributed by atoms with Gasteiger partial charge >= 0.3 is 6.18 Å². The van der Waals surface area contributed by atoms with Gasteiger partial charge in [0.25, 0.3) is 0 Å². The number of fused-ring (bicyclic) bond motifs is 1. The summed E-state index contributed by atoms with van der Waals surface area (Å²) in [6.45, 7) is 0.0159. The monoisotopic (exact) mass is 424 g/mol. The van der Waals surface area contributed by atoms with Crippen LogP contribution in [0.3, 0.4) is 0 Å². The highest BCUT2D eigenvalue weighted by Gasteiger charge is 2.38. The molecule has 0 saturated heterocycles. The molecule has 6 nitrogen and oxygen atoms in total. The number of nitrogens with zero attached hydrogens (tertiary/aromatic N) is 5. The first-order valence-corrected chi connectivity index (χ1v) is 9.29. The molecule has 0 fully saturated rings. The number of pyridine rings is 1. The molecule has 0 aromatic carbocycles. The van der Waals surface area contributed by atoms with Crippen molar-refractivity contribution in [3.05, 3.63) is 52.3 Å². The summed E-state index contributed by atoms with van der Waals surface area (Å²) < 4.78 is 40.1. The first kappa shape index (κ1) is 18.6. The highest BCUT2D eigenvalue weighted by atomic mass is 35.5. The van der Waals surface area contributed by atoms with Crippen LogP contribution in [-0.4, -0.2) is 24.7 Å². The Kier molecular flexibility index (Phi) is 4.68. The molecule has 144 valence electrons. The lowest BCUT2D eigenvalue weighted by Gasteiger charge is -2.09. The molecule has 0 aliphatic heterocycles. The van der Waals surface area contributed by atoms with E-state index in [2.05, 4.69) is 25.4 Å². The van der Waals surface area contributed by atoms with Gasteiger partial charge in [0.15, 0.2) is 11.5 Å². The van der Waals surface area contributed by atoms with Gasteiger partial charge in [-0.3, -0.25) is 9.67 Å². The van der Waals surface area contributed by atoms with Crippen LogP contribution in [0.25, 0.3) is 21.7 Å². The van der Waals surface area contributed by atoms with Gasteiger partial charge in [-0.1, -0.05) is 17.7 Å². The Morgan fingerprint density at radius 1 is 1.21 bits per heavy atom. The number of hydrogen-bond donors (Lipinski definition) is 1. The van der Waals surface area contributed by atoms with E-state index in [1.165, 1.54) is 18.4 Å². The number of halogens is 4. The molecular weight excluding hydrogens is 413 g/mol. The number of thiophene rings is 1. The summed E-state index contributed by atoms with van der Waals surface area (Å²) in [6.07, 6.45) is -2.98. The summed E-state index contributed by atoms with van der Waals surface area (Å²) in [7, 11) is 1.41. The highest BCUT2D eigenvalue weighted by Crippen LogP contribution is 2.36. The van der Waals surface area contributed by atoms with Crippen LogP contribution in [0.2, 0.25) is 5.02 Å². The second-order valence-corrected chi connectivity index (χ2v) is 7.11. The fourth-order valence-electron chi connectivity index (χ4n) is 2.67. The molecule has 0 amide bonds. The maximum absolute atomic E-state index is 13.0. The van der Waals surface area contributed by atoms with Gasteiger partial charge < -0.3 is 5.32 Å². The van der Waals surface area contributed by atoms with Gasteiger partial charge in [-0.25, -0.2) is 9.97 Å². The Balaban J connectivity index is 1.69. The van der Waals surface area contributed by atoms with Crippen molar-refractivity contribution in [2.45, 2.75) is 12.7 Å². The number of anilines is 1. The standard InChI is InChI=1S/C17H12ClF3N6S/c1-27-11(12(18)13(26-27)17(19,20)21)8-23-14-9-5-7-28-16(9)25-15(24-14)10-4-2-3-6-22-10/h2-7H,8H2,1H3,(H,23,24,25). The van der Waals surface area contributed by atoms with E-state index in [-0.39, 0.29) is 12.2 Å². The smallest absolute Gasteiger partial charge is 0.364 e. The minimum atomic E-state index is -4.62. The van der Waals surface area contributed by atoms with Crippen LogP contribution in [-0.2, 0) is 19.8 Å². The number of aromatic nitrogens is 5. The summed E-state index contributed by atoms with van der Waals surface area (Å²) in [5, 5.41) is 8.75. The fourth-order valence-corrected chi connectivity index (χ4v) is 3.77. The van der Waals surface area contributed by atoms with Gasteiger partial charge in [-0.2, -0.15) is 18.3 Å². The lowest BCUT2D eigenvalue weighted by atomic mass is 10.3. The van der Waals surface area contributed by atoms with Gasteiger partial charge in [-0.15, -0.1) is 11.3 Å². The first-order chi connectivity index (χ1) is 13.3. The average molecular weight is 425 g/mol. The average Bonchev–Trinajstić information content (AvgIpc) is 3.25. The minimum absolute atomic E-state index is 0.0159. The summed E-state index contributed by atoms with van der Waals surface area (Å²) in [6, 6.07) is 7.24. The summed E-state index contributed by atoms with van der Waals surface area (Å²) in [4.78, 5) is 14.0. The number of rotatable bonds is 4. The lowest BCUT2D eigenvalue weighted by Crippen LogP contribution is -2.08. The van der Waals surface area contributed by atoms with Gasteiger partial charge in [0.1, 0.15) is 16.3 Å². The van der Waals surface area contributed by atoms with Crippen molar-refractivity contribution in [2.24, 2.45) is 7.05 Å². The molecule has 0 bridgehead atoms. The van der Waals surface area contributed by atoms with Crippen molar-refractivity contribution in [2.75, 3.05) is 5.32 Å². The van der Waals surface area contributed by atoms with Gasteiger partial charge in [0.05, 0.1) is 22.6 Å². The van der Waals surface area contributed by atoms with Gasteiger partial charge in [-0.05, 0) is 23.6 Å². The van der Waals surface area contributed by atoms with E-state index < -0.39 is 16.9 Å². The Morgan fingerprint density at radius 3 is 2.71 bits per heavy atom. The number of aryl methyl sites for hydroxylation is 1. The third-order valence-electron chi connectivity index (χ3n) is 4.01. The number of nitrogens with one attached hydrogen (secondary N) is 1. The van der Waals surface area contributed by atoms with E-state index in [1.807, 2.05) is 17.5 Å². The van der Waals surface area contributed by atoms with Gasteiger partial charge in [0.2, 0.25) is 0 Å². The molecule has 11 heteroatoms. The molecule has 4 aromatic heterocycles. The fraction of sp³-hybridized carbons (Fsp3) is 0.176. The van der Waals surface area contributed by atoms with Crippen molar-refractivity contribution in [3.8, 4) is 11.5 Å². The van der Waals surface area contributed by atoms with Crippen LogP contribution in [0, 0.1) is 0 Å². The maximum atomic E-state index is 13.0. The van der Waals surface area contributed by atoms with E-state index in [1.54, 1.807) is 18.3 Å². The normalized spacial score (nSPS) is 11.9. The Morgan fingerprint density at radius 2 is 2.04 bits per heavy atom. The van der Waals surface area contributed by atoms with Crippen LogP contribution in [0.1, 0.15) is 11.4 Å². The van der Waals surface area contributed by atoms with E-state index in [0.29, 0.717) is 17.3 Å². The Bertz CT molecular complexity index is 1140. The molecule has 0 aliphatic rings. The number of alkyl halides is 3. The largest absolute Gasteiger partial charge is 0.436 e. The molecule has 0 spiro atoms. The van der Waals surface area contributed by atoms with Crippen molar-refractivity contribution in [3.63, 3.8) is 0 Å². The molecule has 0 saturated carbocycles. The van der Waals surface area contributed by atoms with Crippen molar-refractivity contribution in [1.82, 2.24) is 24.7 Å². The molecule has 4 heterocycles. The van der Waals surface area contributed by atoms with E-state index in [0.717, 1.165) is 14.9 Å². The molecule has 0 atom stereocenters. The zero-order chi connectivity index (χ0) is 19.9. The Labute approximate surface area is 166 Å². The van der Waals surface area contributed by atoms with Crippen LogP contribution in [0.4, 0.5) is 19.0 Å². The lowest BCUT2D eigenvalue weighted by molar-refractivity contribution is -0.141. The zero-order valence-corrected chi connectivity index (χ0v) is 15.9. The van der Waals surface area contributed by atoms with Crippen molar-refractivity contribution >= 4 is 39.0 Å². The summed E-state index contributed by atoms with van der Waals surface area (Å²) in [5.74, 6) is 0.905. The van der Waals surface area contributed by atoms with Crippen molar-refractivity contribution < 1.29 is 13.2 Å². The summed E-state index contributed by atoms with van der Waals surface area (Å²) >= 11 is 7.36. The van der Waals surface area contributed by atoms with E-state index in [4.69, 9.17) is 11.6 Å². The first-order valence-electron chi connectivity index (χ1n) is 8.03. The Hall–Kier alpha value is -2.72. The SMILES string of the molecule is Cn1nc(C(F)(F)F)c(Cl)c1CNc1nc(-c2ccccn2)nc2sccc12. The third-order valence-corrected chi connectivity index (χ3v) is 5.22. The van der Waals surface area contributed by atoms with Crippen LogP contribution < -0.4 is 5.32 Å². The molecule has 4 rings (SSSR count). The molecule has 28 heavy (non-hydrogen) atoms. The second-order valence-electron chi connectivity index (χ2n) is 5.83. The van der Waals surface area contributed by atoms with Crippen molar-refractivity contribution in [1.29, 1.82) is 0 Å². The molecule has 0 aliphatic carbocycles. The second kappa shape index (κ2) is 7.02. The maximum Gasteiger partial charge on any atom is 0.436 e. The van der Waals surface area contributed by atoms with Crippen LogP contribution >= 0.6 is 22.9 Å². The predicted octanol–water partition coefficient (Wildman–Crippen LogP) is 4.77.